The van der Waals surface area contributed by atoms with E-state index in [1.165, 1.54) is 0 Å². The van der Waals surface area contributed by atoms with Gasteiger partial charge in [-0.2, -0.15) is 5.10 Å². The zero-order valence-electron chi connectivity index (χ0n) is 13.0. The Bertz CT molecular complexity index is 850. The molecule has 0 atom stereocenters. The predicted molar refractivity (Wildman–Crippen MR) is 85.8 cm³/mol. The van der Waals surface area contributed by atoms with E-state index in [1.54, 1.807) is 31.2 Å². The van der Waals surface area contributed by atoms with Crippen LogP contribution < -0.4 is 15.2 Å². The molecule has 0 aliphatic heterocycles. The van der Waals surface area contributed by atoms with Gasteiger partial charge >= 0.3 is 0 Å². The summed E-state index contributed by atoms with van der Waals surface area (Å²) in [6.45, 7) is 1.32. The van der Waals surface area contributed by atoms with Gasteiger partial charge in [-0.3, -0.25) is 9.48 Å². The third kappa shape index (κ3) is 2.85. The summed E-state index contributed by atoms with van der Waals surface area (Å²) in [4.78, 5) is 11.1. The Morgan fingerprint density at radius 2 is 2.00 bits per heavy atom. The minimum absolute atomic E-state index is 0.269. The summed E-state index contributed by atoms with van der Waals surface area (Å²) in [6.07, 6.45) is 3.73. The fraction of sp³-hybridized carbons (Fsp3) is 0.250. The summed E-state index contributed by atoms with van der Waals surface area (Å²) in [5, 5.41) is 5.16. The molecule has 0 aliphatic rings. The molecule has 0 aliphatic carbocycles. The van der Waals surface area contributed by atoms with Crippen LogP contribution in [0.3, 0.4) is 0 Å². The third-order valence-corrected chi connectivity index (χ3v) is 3.74. The average Bonchev–Trinajstić information content (AvgIpc) is 3.18. The maximum atomic E-state index is 11.1. The second-order valence-corrected chi connectivity index (χ2v) is 5.10. The maximum absolute atomic E-state index is 11.1. The van der Waals surface area contributed by atoms with Gasteiger partial charge in [0, 0.05) is 36.5 Å². The highest BCUT2D eigenvalue weighted by Crippen LogP contribution is 2.31. The fourth-order valence-corrected chi connectivity index (χ4v) is 2.55. The fourth-order valence-electron chi connectivity index (χ4n) is 2.55. The molecule has 7 nitrogen and oxygen atoms in total. The molecule has 0 unspecified atom stereocenters. The molecule has 2 N–H and O–H groups in total. The smallest absolute Gasteiger partial charge is 0.269 e. The Balaban J connectivity index is 1.86. The van der Waals surface area contributed by atoms with Crippen molar-refractivity contribution in [3.05, 3.63) is 42.4 Å². The summed E-state index contributed by atoms with van der Waals surface area (Å²) in [5.74, 6) is 0.988. The molecule has 120 valence electrons. The van der Waals surface area contributed by atoms with Gasteiger partial charge in [-0.05, 0) is 12.1 Å². The van der Waals surface area contributed by atoms with Gasteiger partial charge in [-0.25, -0.2) is 0 Å². The van der Waals surface area contributed by atoms with Crippen molar-refractivity contribution in [2.24, 2.45) is 5.73 Å². The Labute approximate surface area is 133 Å². The molecular weight excluding hydrogens is 296 g/mol. The molecule has 0 bridgehead atoms. The first-order valence-electron chi connectivity index (χ1n) is 7.16. The van der Waals surface area contributed by atoms with E-state index >= 15 is 0 Å². The van der Waals surface area contributed by atoms with Gasteiger partial charge in [-0.15, -0.1) is 0 Å². The van der Waals surface area contributed by atoms with Crippen molar-refractivity contribution in [2.45, 2.75) is 13.1 Å². The molecule has 1 aromatic carbocycles. The van der Waals surface area contributed by atoms with Crippen molar-refractivity contribution in [1.29, 1.82) is 0 Å². The maximum Gasteiger partial charge on any atom is 0.269 e. The highest BCUT2D eigenvalue weighted by molar-refractivity contribution is 5.90. The number of ether oxygens (including phenoxy) is 2. The summed E-state index contributed by atoms with van der Waals surface area (Å²) in [7, 11) is 3.27. The highest BCUT2D eigenvalue weighted by atomic mass is 16.5. The van der Waals surface area contributed by atoms with Crippen molar-refractivity contribution >= 4 is 16.8 Å². The van der Waals surface area contributed by atoms with Crippen LogP contribution in [-0.2, 0) is 13.1 Å². The van der Waals surface area contributed by atoms with E-state index in [4.69, 9.17) is 15.2 Å². The van der Waals surface area contributed by atoms with E-state index in [0.29, 0.717) is 13.1 Å². The lowest BCUT2D eigenvalue weighted by Gasteiger charge is -2.09. The molecule has 0 saturated heterocycles. The van der Waals surface area contributed by atoms with Crippen molar-refractivity contribution in [3.8, 4) is 11.5 Å². The van der Waals surface area contributed by atoms with Crippen molar-refractivity contribution in [3.63, 3.8) is 0 Å². The first kappa shape index (κ1) is 15.0. The number of aromatic nitrogens is 3. The van der Waals surface area contributed by atoms with Crippen LogP contribution >= 0.6 is 0 Å². The molecule has 0 saturated carbocycles. The van der Waals surface area contributed by atoms with E-state index in [9.17, 15) is 4.79 Å². The van der Waals surface area contributed by atoms with E-state index in [0.717, 1.165) is 22.4 Å². The van der Waals surface area contributed by atoms with Gasteiger partial charge in [0.25, 0.3) is 5.91 Å². The lowest BCUT2D eigenvalue weighted by molar-refractivity contribution is 0.0994. The molecule has 3 aromatic rings. The lowest BCUT2D eigenvalue weighted by atomic mass is 10.2. The minimum Gasteiger partial charge on any atom is -0.497 e. The molecule has 3 rings (SSSR count). The first-order chi connectivity index (χ1) is 11.1. The Hall–Kier alpha value is -2.96. The number of rotatable bonds is 6. The van der Waals surface area contributed by atoms with Crippen LogP contribution in [0.4, 0.5) is 0 Å². The van der Waals surface area contributed by atoms with Crippen LogP contribution in [0, 0.1) is 0 Å². The van der Waals surface area contributed by atoms with Crippen LogP contribution in [0.5, 0.6) is 11.5 Å². The summed E-state index contributed by atoms with van der Waals surface area (Å²) < 4.78 is 14.5. The number of amides is 1. The zero-order valence-corrected chi connectivity index (χ0v) is 13.0. The van der Waals surface area contributed by atoms with E-state index in [1.807, 2.05) is 24.4 Å². The van der Waals surface area contributed by atoms with Crippen molar-refractivity contribution < 1.29 is 14.3 Å². The van der Waals surface area contributed by atoms with Gasteiger partial charge in [-0.1, -0.05) is 0 Å². The molecule has 1 amide bonds. The second kappa shape index (κ2) is 6.04. The normalized spacial score (nSPS) is 10.9. The number of aryl methyl sites for hydroxylation is 2. The number of nitrogens with two attached hydrogens (primary N) is 1. The van der Waals surface area contributed by atoms with Crippen molar-refractivity contribution in [2.75, 3.05) is 14.2 Å². The molecule has 23 heavy (non-hydrogen) atoms. The summed E-state index contributed by atoms with van der Waals surface area (Å²) in [5.41, 5.74) is 6.49. The number of hydrogen-bond acceptors (Lipinski definition) is 4. The van der Waals surface area contributed by atoms with Gasteiger partial charge < -0.3 is 19.8 Å². The Morgan fingerprint density at radius 3 is 2.65 bits per heavy atom. The topological polar surface area (TPSA) is 84.3 Å². The Morgan fingerprint density at radius 1 is 1.17 bits per heavy atom. The highest BCUT2D eigenvalue weighted by Gasteiger charge is 2.10. The number of hydrogen-bond donors (Lipinski definition) is 1. The van der Waals surface area contributed by atoms with Crippen LogP contribution in [0.25, 0.3) is 10.9 Å². The monoisotopic (exact) mass is 314 g/mol. The molecular formula is C16H18N4O3. The number of methoxy groups -OCH3 is 2. The van der Waals surface area contributed by atoms with Crippen LogP contribution in [-0.4, -0.2) is 34.5 Å². The lowest BCUT2D eigenvalue weighted by Crippen LogP contribution is -2.13. The van der Waals surface area contributed by atoms with Crippen LogP contribution in [0.15, 0.2) is 36.7 Å². The number of nitrogens with zero attached hydrogens (tertiary/aromatic N) is 3. The predicted octanol–water partition coefficient (Wildman–Crippen LogP) is 1.65. The molecule has 0 radical (unpaired) electrons. The van der Waals surface area contributed by atoms with Gasteiger partial charge in [0.1, 0.15) is 17.2 Å². The minimum atomic E-state index is -0.523. The van der Waals surface area contributed by atoms with Crippen LogP contribution in [0.1, 0.15) is 10.5 Å². The first-order valence-corrected chi connectivity index (χ1v) is 7.16. The summed E-state index contributed by atoms with van der Waals surface area (Å²) >= 11 is 0. The number of carbonyl (C=O) groups is 1. The SMILES string of the molecule is COc1cc(OC)c2ccn(CCn3ccc(C(N)=O)n3)c2c1. The van der Waals surface area contributed by atoms with Gasteiger partial charge in [0.05, 0.1) is 26.3 Å². The van der Waals surface area contributed by atoms with Gasteiger partial charge in [0.2, 0.25) is 0 Å². The average molecular weight is 314 g/mol. The molecule has 0 spiro atoms. The standard InChI is InChI=1S/C16H18N4O3/c1-22-11-9-14-12(15(10-11)23-2)3-5-19(14)7-8-20-6-4-13(18-20)16(17)21/h3-6,9-10H,7-8H2,1-2H3,(H2,17,21). The third-order valence-electron chi connectivity index (χ3n) is 3.74. The molecule has 7 heteroatoms. The van der Waals surface area contributed by atoms with E-state index in [2.05, 4.69) is 9.67 Å². The number of benzene rings is 1. The quantitative estimate of drug-likeness (QED) is 0.750. The molecule has 0 fully saturated rings. The largest absolute Gasteiger partial charge is 0.497 e. The summed E-state index contributed by atoms with van der Waals surface area (Å²) in [6, 6.07) is 7.45. The van der Waals surface area contributed by atoms with E-state index < -0.39 is 5.91 Å². The van der Waals surface area contributed by atoms with E-state index in [-0.39, 0.29) is 5.69 Å². The number of carbonyl (C=O) groups excluding carboxylic acids is 1. The van der Waals surface area contributed by atoms with Crippen LogP contribution in [0.2, 0.25) is 0 Å². The van der Waals surface area contributed by atoms with Gasteiger partial charge in [0.15, 0.2) is 0 Å². The molecule has 2 aromatic heterocycles. The number of fused-ring (bicyclic) bond motifs is 1. The molecule has 2 heterocycles. The zero-order chi connectivity index (χ0) is 16.4. The second-order valence-electron chi connectivity index (χ2n) is 5.10. The Kier molecular flexibility index (Phi) is 3.92. The number of primary amides is 1. The van der Waals surface area contributed by atoms with Crippen molar-refractivity contribution in [1.82, 2.24) is 14.3 Å².